The van der Waals surface area contributed by atoms with E-state index in [4.69, 9.17) is 17.3 Å². The molecule has 0 spiro atoms. The first kappa shape index (κ1) is 11.7. The molecule has 2 heterocycles. The van der Waals surface area contributed by atoms with Gasteiger partial charge in [0.2, 0.25) is 0 Å². The molecule has 0 saturated heterocycles. The zero-order valence-corrected chi connectivity index (χ0v) is 10.9. The first-order valence-electron chi connectivity index (χ1n) is 6.12. The maximum absolute atomic E-state index is 6.06. The fourth-order valence-corrected chi connectivity index (χ4v) is 2.51. The van der Waals surface area contributed by atoms with Gasteiger partial charge in [0.25, 0.3) is 0 Å². The highest BCUT2D eigenvalue weighted by Crippen LogP contribution is 2.26. The topological polar surface area (TPSA) is 56.7 Å². The number of hydrogen-bond acceptors (Lipinski definition) is 3. The van der Waals surface area contributed by atoms with Crippen LogP contribution in [0.5, 0.6) is 0 Å². The first-order chi connectivity index (χ1) is 8.65. The minimum Gasteiger partial charge on any atom is -0.326 e. The molecule has 3 rings (SSSR count). The summed E-state index contributed by atoms with van der Waals surface area (Å²) in [5, 5.41) is 5.26. The van der Waals surface area contributed by atoms with E-state index in [1.165, 1.54) is 0 Å². The Kier molecular flexibility index (Phi) is 2.84. The molecule has 1 aromatic carbocycles. The Morgan fingerprint density at radius 1 is 1.44 bits per heavy atom. The second-order valence-corrected chi connectivity index (χ2v) is 5.19. The standard InChI is InChI=1S/C13H15ClN4/c1-8-11(15)5-6-12-16-13(17-18(8)12)9-3-2-4-10(14)7-9/h2-4,7-8,11H,5-6,15H2,1H3. The molecule has 2 N–H and O–H groups in total. The molecule has 0 radical (unpaired) electrons. The van der Waals surface area contributed by atoms with E-state index in [-0.39, 0.29) is 12.1 Å². The molecule has 1 aromatic heterocycles. The van der Waals surface area contributed by atoms with E-state index in [2.05, 4.69) is 17.0 Å². The van der Waals surface area contributed by atoms with E-state index in [1.807, 2.05) is 28.9 Å². The first-order valence-corrected chi connectivity index (χ1v) is 6.50. The van der Waals surface area contributed by atoms with Gasteiger partial charge in [-0.1, -0.05) is 23.7 Å². The van der Waals surface area contributed by atoms with Crippen LogP contribution in [0.25, 0.3) is 11.4 Å². The van der Waals surface area contributed by atoms with Crippen LogP contribution in [0, 0.1) is 0 Å². The third-order valence-corrected chi connectivity index (χ3v) is 3.73. The number of aryl methyl sites for hydroxylation is 1. The van der Waals surface area contributed by atoms with Crippen molar-refractivity contribution in [3.05, 3.63) is 35.1 Å². The maximum atomic E-state index is 6.06. The van der Waals surface area contributed by atoms with Crippen molar-refractivity contribution in [1.82, 2.24) is 14.8 Å². The fourth-order valence-electron chi connectivity index (χ4n) is 2.32. The average Bonchev–Trinajstić information content (AvgIpc) is 2.79. The van der Waals surface area contributed by atoms with Crippen molar-refractivity contribution in [2.75, 3.05) is 0 Å². The SMILES string of the molecule is CC1C(N)CCc2nc(-c3cccc(Cl)c3)nn21. The van der Waals surface area contributed by atoms with E-state index >= 15 is 0 Å². The van der Waals surface area contributed by atoms with Crippen LogP contribution in [-0.2, 0) is 6.42 Å². The van der Waals surface area contributed by atoms with Gasteiger partial charge < -0.3 is 5.73 Å². The van der Waals surface area contributed by atoms with Crippen molar-refractivity contribution in [1.29, 1.82) is 0 Å². The summed E-state index contributed by atoms with van der Waals surface area (Å²) in [4.78, 5) is 4.58. The van der Waals surface area contributed by atoms with E-state index in [0.717, 1.165) is 30.1 Å². The fraction of sp³-hybridized carbons (Fsp3) is 0.385. The molecule has 0 saturated carbocycles. The van der Waals surface area contributed by atoms with Crippen LogP contribution in [0.1, 0.15) is 25.2 Å². The minimum absolute atomic E-state index is 0.159. The van der Waals surface area contributed by atoms with Gasteiger partial charge >= 0.3 is 0 Å². The Hall–Kier alpha value is -1.39. The summed E-state index contributed by atoms with van der Waals surface area (Å²) in [6.45, 7) is 2.09. The normalized spacial score (nSPS) is 22.8. The molecule has 1 aliphatic rings. The number of aromatic nitrogens is 3. The van der Waals surface area contributed by atoms with Gasteiger partial charge in [-0.3, -0.25) is 0 Å². The molecule has 0 aliphatic carbocycles. The van der Waals surface area contributed by atoms with Crippen LogP contribution in [-0.4, -0.2) is 20.8 Å². The molecule has 0 amide bonds. The van der Waals surface area contributed by atoms with E-state index in [1.54, 1.807) is 0 Å². The van der Waals surface area contributed by atoms with Gasteiger partial charge in [0.05, 0.1) is 6.04 Å². The highest BCUT2D eigenvalue weighted by atomic mass is 35.5. The summed E-state index contributed by atoms with van der Waals surface area (Å²) in [6, 6.07) is 7.97. The van der Waals surface area contributed by atoms with Crippen LogP contribution < -0.4 is 5.73 Å². The lowest BCUT2D eigenvalue weighted by Crippen LogP contribution is -2.36. The monoisotopic (exact) mass is 262 g/mol. The van der Waals surface area contributed by atoms with Crippen LogP contribution in [0.3, 0.4) is 0 Å². The minimum atomic E-state index is 0.159. The van der Waals surface area contributed by atoms with Gasteiger partial charge in [-0.2, -0.15) is 5.10 Å². The summed E-state index contributed by atoms with van der Waals surface area (Å²) in [7, 11) is 0. The second kappa shape index (κ2) is 4.37. The number of nitrogens with two attached hydrogens (primary N) is 1. The lowest BCUT2D eigenvalue weighted by molar-refractivity contribution is 0.339. The maximum Gasteiger partial charge on any atom is 0.181 e. The van der Waals surface area contributed by atoms with Crippen LogP contribution in [0.4, 0.5) is 0 Å². The molecule has 5 heteroatoms. The number of rotatable bonds is 1. The van der Waals surface area contributed by atoms with E-state index in [0.29, 0.717) is 5.02 Å². The third kappa shape index (κ3) is 1.91. The quantitative estimate of drug-likeness (QED) is 0.859. The predicted octanol–water partition coefficient (Wildman–Crippen LogP) is 2.43. The van der Waals surface area contributed by atoms with Crippen molar-refractivity contribution >= 4 is 11.6 Å². The number of nitrogens with zero attached hydrogens (tertiary/aromatic N) is 3. The predicted molar refractivity (Wildman–Crippen MR) is 71.5 cm³/mol. The van der Waals surface area contributed by atoms with Crippen LogP contribution in [0.2, 0.25) is 5.02 Å². The Morgan fingerprint density at radius 3 is 3.06 bits per heavy atom. The van der Waals surface area contributed by atoms with Gasteiger partial charge in [0.1, 0.15) is 5.82 Å². The summed E-state index contributed by atoms with van der Waals surface area (Å²) in [5.41, 5.74) is 7.00. The summed E-state index contributed by atoms with van der Waals surface area (Å²) in [6.07, 6.45) is 1.86. The summed E-state index contributed by atoms with van der Waals surface area (Å²) >= 11 is 5.99. The van der Waals surface area contributed by atoms with E-state index in [9.17, 15) is 0 Å². The Labute approximate surface area is 111 Å². The highest BCUT2D eigenvalue weighted by molar-refractivity contribution is 6.30. The molecule has 0 fully saturated rings. The van der Waals surface area contributed by atoms with Crippen molar-refractivity contribution in [2.24, 2.45) is 5.73 Å². The van der Waals surface area contributed by atoms with E-state index < -0.39 is 0 Å². The number of halogens is 1. The molecule has 1 aliphatic heterocycles. The number of hydrogen-bond donors (Lipinski definition) is 1. The van der Waals surface area contributed by atoms with Crippen molar-refractivity contribution in [2.45, 2.75) is 31.8 Å². The highest BCUT2D eigenvalue weighted by Gasteiger charge is 2.26. The van der Waals surface area contributed by atoms with Gasteiger partial charge in [0, 0.05) is 23.0 Å². The smallest absolute Gasteiger partial charge is 0.181 e. The molecule has 94 valence electrons. The van der Waals surface area contributed by atoms with Crippen LogP contribution >= 0.6 is 11.6 Å². The number of fused-ring (bicyclic) bond motifs is 1. The summed E-state index contributed by atoms with van der Waals surface area (Å²) in [5.74, 6) is 1.74. The largest absolute Gasteiger partial charge is 0.326 e. The molecule has 18 heavy (non-hydrogen) atoms. The molecular formula is C13H15ClN4. The second-order valence-electron chi connectivity index (χ2n) is 4.75. The summed E-state index contributed by atoms with van der Waals surface area (Å²) < 4.78 is 1.95. The number of benzene rings is 1. The zero-order chi connectivity index (χ0) is 12.7. The van der Waals surface area contributed by atoms with Gasteiger partial charge in [-0.05, 0) is 25.5 Å². The van der Waals surface area contributed by atoms with Gasteiger partial charge in [-0.25, -0.2) is 9.67 Å². The average molecular weight is 263 g/mol. The Bertz CT molecular complexity index is 578. The molecule has 0 bridgehead atoms. The van der Waals surface area contributed by atoms with Crippen LogP contribution in [0.15, 0.2) is 24.3 Å². The van der Waals surface area contributed by atoms with Crippen molar-refractivity contribution in [3.8, 4) is 11.4 Å². The van der Waals surface area contributed by atoms with Crippen molar-refractivity contribution < 1.29 is 0 Å². The molecule has 2 atom stereocenters. The third-order valence-electron chi connectivity index (χ3n) is 3.49. The zero-order valence-electron chi connectivity index (χ0n) is 10.2. The lowest BCUT2D eigenvalue weighted by Gasteiger charge is -2.25. The lowest BCUT2D eigenvalue weighted by atomic mass is 10.0. The molecular weight excluding hydrogens is 248 g/mol. The Morgan fingerprint density at radius 2 is 2.28 bits per heavy atom. The molecule has 4 nitrogen and oxygen atoms in total. The van der Waals surface area contributed by atoms with Gasteiger partial charge in [-0.15, -0.1) is 0 Å². The van der Waals surface area contributed by atoms with Gasteiger partial charge in [0.15, 0.2) is 5.82 Å². The molecule has 2 aromatic rings. The Balaban J connectivity index is 2.03. The van der Waals surface area contributed by atoms with Crippen molar-refractivity contribution in [3.63, 3.8) is 0 Å². The molecule has 2 unspecified atom stereocenters.